The number of benzene rings is 1. The third-order valence-corrected chi connectivity index (χ3v) is 3.11. The van der Waals surface area contributed by atoms with Crippen molar-refractivity contribution >= 4 is 18.1 Å². The number of nitrogens with zero attached hydrogens (tertiary/aromatic N) is 1. The van der Waals surface area contributed by atoms with Crippen LogP contribution in [0.25, 0.3) is 0 Å². The van der Waals surface area contributed by atoms with Crippen LogP contribution in [0.1, 0.15) is 29.2 Å². The Labute approximate surface area is 106 Å². The van der Waals surface area contributed by atoms with Crippen molar-refractivity contribution < 1.29 is 9.66 Å². The molecule has 5 nitrogen and oxygen atoms in total. The second kappa shape index (κ2) is 4.89. The Balaban J connectivity index is 0.00000144. The van der Waals surface area contributed by atoms with Gasteiger partial charge in [-0.1, -0.05) is 0 Å². The smallest absolute Gasteiger partial charge is 0.273 e. The number of halogens is 1. The van der Waals surface area contributed by atoms with E-state index in [4.69, 9.17) is 10.5 Å². The maximum Gasteiger partial charge on any atom is 0.273 e. The van der Waals surface area contributed by atoms with Gasteiger partial charge in [0.05, 0.1) is 11.5 Å². The van der Waals surface area contributed by atoms with Gasteiger partial charge in [-0.2, -0.15) is 0 Å². The van der Waals surface area contributed by atoms with Gasteiger partial charge in [-0.15, -0.1) is 12.4 Å². The first kappa shape index (κ1) is 13.7. The van der Waals surface area contributed by atoms with Gasteiger partial charge in [0, 0.05) is 35.2 Å². The summed E-state index contributed by atoms with van der Waals surface area (Å²) in [6.45, 7) is 4.14. The molecule has 0 unspecified atom stereocenters. The minimum atomic E-state index is -0.371. The first-order valence-corrected chi connectivity index (χ1v) is 5.19. The van der Waals surface area contributed by atoms with Crippen LogP contribution < -0.4 is 10.5 Å². The summed E-state index contributed by atoms with van der Waals surface area (Å²) in [7, 11) is 0. The highest BCUT2D eigenvalue weighted by atomic mass is 35.5. The van der Waals surface area contributed by atoms with E-state index >= 15 is 0 Å². The Morgan fingerprint density at radius 2 is 2.12 bits per heavy atom. The molecule has 1 aromatic rings. The molecule has 1 heterocycles. The molecule has 0 aliphatic carbocycles. The van der Waals surface area contributed by atoms with Gasteiger partial charge in [0.1, 0.15) is 5.75 Å². The summed E-state index contributed by atoms with van der Waals surface area (Å²) in [5.41, 5.74) is 8.27. The van der Waals surface area contributed by atoms with E-state index in [0.717, 1.165) is 16.9 Å². The molecule has 0 aromatic heterocycles. The molecule has 1 atom stereocenters. The maximum absolute atomic E-state index is 10.9. The third-order valence-electron chi connectivity index (χ3n) is 3.11. The van der Waals surface area contributed by atoms with Gasteiger partial charge in [-0.25, -0.2) is 0 Å². The lowest BCUT2D eigenvalue weighted by Gasteiger charge is -2.25. The standard InChI is InChI=1S/C11H14N2O3.ClH/c1-6-7(2)11-8(5-10(6)13(14)15)9(12)3-4-16-11;/h5,9H,3-4,12H2,1-2H3;1H/t9-;/m0./s1. The van der Waals surface area contributed by atoms with Crippen molar-refractivity contribution in [3.8, 4) is 5.75 Å². The minimum Gasteiger partial charge on any atom is -0.493 e. The predicted molar refractivity (Wildman–Crippen MR) is 66.9 cm³/mol. The van der Waals surface area contributed by atoms with E-state index in [1.165, 1.54) is 0 Å². The average Bonchev–Trinajstić information content (AvgIpc) is 2.23. The fraction of sp³-hybridized carbons (Fsp3) is 0.455. The summed E-state index contributed by atoms with van der Waals surface area (Å²) in [4.78, 5) is 10.5. The highest BCUT2D eigenvalue weighted by Crippen LogP contribution is 2.39. The Kier molecular flexibility index (Phi) is 3.95. The van der Waals surface area contributed by atoms with Crippen LogP contribution in [0.2, 0.25) is 0 Å². The number of fused-ring (bicyclic) bond motifs is 1. The van der Waals surface area contributed by atoms with Crippen LogP contribution in [-0.4, -0.2) is 11.5 Å². The van der Waals surface area contributed by atoms with E-state index in [9.17, 15) is 10.1 Å². The zero-order valence-electron chi connectivity index (χ0n) is 9.73. The van der Waals surface area contributed by atoms with Gasteiger partial charge in [-0.05, 0) is 13.8 Å². The molecular formula is C11H15ClN2O3. The molecule has 1 aliphatic rings. The number of nitrogens with two attached hydrogens (primary N) is 1. The monoisotopic (exact) mass is 258 g/mol. The van der Waals surface area contributed by atoms with Crippen molar-refractivity contribution in [1.29, 1.82) is 0 Å². The number of rotatable bonds is 1. The van der Waals surface area contributed by atoms with Crippen LogP contribution in [0.3, 0.4) is 0 Å². The normalized spacial score (nSPS) is 17.7. The van der Waals surface area contributed by atoms with Crippen molar-refractivity contribution in [1.82, 2.24) is 0 Å². The fourth-order valence-corrected chi connectivity index (χ4v) is 2.00. The quantitative estimate of drug-likeness (QED) is 0.620. The summed E-state index contributed by atoms with van der Waals surface area (Å²) in [5, 5.41) is 10.9. The molecule has 0 radical (unpaired) electrons. The zero-order chi connectivity index (χ0) is 11.9. The summed E-state index contributed by atoms with van der Waals surface area (Å²) in [6, 6.07) is 1.38. The van der Waals surface area contributed by atoms with Crippen LogP contribution in [0.15, 0.2) is 6.07 Å². The van der Waals surface area contributed by atoms with E-state index in [2.05, 4.69) is 0 Å². The molecule has 0 spiro atoms. The topological polar surface area (TPSA) is 78.4 Å². The zero-order valence-corrected chi connectivity index (χ0v) is 10.5. The highest BCUT2D eigenvalue weighted by Gasteiger charge is 2.26. The van der Waals surface area contributed by atoms with Crippen molar-refractivity contribution in [2.24, 2.45) is 5.73 Å². The largest absolute Gasteiger partial charge is 0.493 e. The predicted octanol–water partition coefficient (Wildman–Crippen LogP) is 2.42. The molecule has 0 bridgehead atoms. The number of hydrogen-bond donors (Lipinski definition) is 1. The van der Waals surface area contributed by atoms with Gasteiger partial charge < -0.3 is 10.5 Å². The molecule has 17 heavy (non-hydrogen) atoms. The highest BCUT2D eigenvalue weighted by molar-refractivity contribution is 5.85. The molecule has 1 aromatic carbocycles. The van der Waals surface area contributed by atoms with Crippen molar-refractivity contribution in [2.75, 3.05) is 6.61 Å². The first-order valence-electron chi connectivity index (χ1n) is 5.19. The molecule has 6 heteroatoms. The van der Waals surface area contributed by atoms with Gasteiger partial charge >= 0.3 is 0 Å². The fourth-order valence-electron chi connectivity index (χ4n) is 2.00. The average molecular weight is 259 g/mol. The molecule has 2 N–H and O–H groups in total. The SMILES string of the molecule is Cc1c([N+](=O)[O-])cc2c(c1C)OCC[C@@H]2N.Cl. The summed E-state index contributed by atoms with van der Waals surface area (Å²) in [5.74, 6) is 0.724. The lowest BCUT2D eigenvalue weighted by atomic mass is 9.95. The molecular weight excluding hydrogens is 244 g/mol. The number of hydrogen-bond acceptors (Lipinski definition) is 4. The maximum atomic E-state index is 10.9. The summed E-state index contributed by atoms with van der Waals surface area (Å²) in [6.07, 6.45) is 0.701. The van der Waals surface area contributed by atoms with Crippen molar-refractivity contribution in [3.63, 3.8) is 0 Å². The summed E-state index contributed by atoms with van der Waals surface area (Å²) < 4.78 is 5.54. The lowest BCUT2D eigenvalue weighted by Crippen LogP contribution is -2.21. The van der Waals surface area contributed by atoms with Crippen LogP contribution >= 0.6 is 12.4 Å². The Morgan fingerprint density at radius 1 is 1.47 bits per heavy atom. The molecule has 2 rings (SSSR count). The van der Waals surface area contributed by atoms with Crippen LogP contribution in [-0.2, 0) is 0 Å². The van der Waals surface area contributed by atoms with E-state index in [1.807, 2.05) is 6.92 Å². The van der Waals surface area contributed by atoms with E-state index in [-0.39, 0.29) is 29.1 Å². The Morgan fingerprint density at radius 3 is 2.71 bits per heavy atom. The molecule has 0 amide bonds. The first-order chi connectivity index (χ1) is 7.52. The molecule has 0 saturated carbocycles. The summed E-state index contributed by atoms with van der Waals surface area (Å²) >= 11 is 0. The van der Waals surface area contributed by atoms with Crippen LogP contribution in [0, 0.1) is 24.0 Å². The lowest BCUT2D eigenvalue weighted by molar-refractivity contribution is -0.385. The van der Waals surface area contributed by atoms with E-state index in [1.54, 1.807) is 13.0 Å². The minimum absolute atomic E-state index is 0. The van der Waals surface area contributed by atoms with Gasteiger partial charge in [0.15, 0.2) is 0 Å². The molecule has 0 fully saturated rings. The molecule has 0 saturated heterocycles. The number of nitro groups is 1. The number of nitro benzene ring substituents is 1. The van der Waals surface area contributed by atoms with Crippen LogP contribution in [0.4, 0.5) is 5.69 Å². The van der Waals surface area contributed by atoms with E-state index in [0.29, 0.717) is 18.6 Å². The Hall–Kier alpha value is -1.33. The van der Waals surface area contributed by atoms with Crippen molar-refractivity contribution in [3.05, 3.63) is 32.9 Å². The second-order valence-electron chi connectivity index (χ2n) is 4.06. The van der Waals surface area contributed by atoms with Crippen molar-refractivity contribution in [2.45, 2.75) is 26.3 Å². The molecule has 1 aliphatic heterocycles. The van der Waals surface area contributed by atoms with E-state index < -0.39 is 0 Å². The van der Waals surface area contributed by atoms with Gasteiger partial charge in [-0.3, -0.25) is 10.1 Å². The van der Waals surface area contributed by atoms with Gasteiger partial charge in [0.25, 0.3) is 5.69 Å². The molecule has 94 valence electrons. The van der Waals surface area contributed by atoms with Crippen LogP contribution in [0.5, 0.6) is 5.75 Å². The van der Waals surface area contributed by atoms with Gasteiger partial charge in [0.2, 0.25) is 0 Å². The number of ether oxygens (including phenoxy) is 1. The third kappa shape index (κ3) is 2.21. The Bertz CT molecular complexity index is 463. The second-order valence-corrected chi connectivity index (χ2v) is 4.06.